The number of nitrogens with zero attached hydrogens (tertiary/aromatic N) is 1. The van der Waals surface area contributed by atoms with Crippen LogP contribution in [0.5, 0.6) is 0 Å². The molecular formula is C14H20FNO. The molecule has 0 spiro atoms. The van der Waals surface area contributed by atoms with Gasteiger partial charge in [-0.15, -0.1) is 0 Å². The Kier molecular flexibility index (Phi) is 5.13. The van der Waals surface area contributed by atoms with Crippen LogP contribution in [0.2, 0.25) is 0 Å². The molecule has 0 aliphatic heterocycles. The molecular weight excluding hydrogens is 217 g/mol. The Labute approximate surface area is 102 Å². The summed E-state index contributed by atoms with van der Waals surface area (Å²) < 4.78 is 13.2. The fourth-order valence-electron chi connectivity index (χ4n) is 1.75. The average Bonchev–Trinajstić information content (AvgIpc) is 2.33. The lowest BCUT2D eigenvalue weighted by molar-refractivity contribution is 0.0761. The second kappa shape index (κ2) is 6.38. The lowest BCUT2D eigenvalue weighted by Gasteiger charge is -2.21. The summed E-state index contributed by atoms with van der Waals surface area (Å²) in [5.74, 6) is -0.427. The molecule has 0 fully saturated rings. The Hall–Kier alpha value is -1.38. The number of unbranched alkanes of at least 4 members (excludes halogenated alkanes) is 1. The molecule has 0 aromatic heterocycles. The standard InChI is InChI=1S/C14H20FNO/c1-4-6-9-16(5-2)14(17)13-10-12(15)8-7-11(13)3/h7-8,10H,4-6,9H2,1-3H3. The lowest BCUT2D eigenvalue weighted by Crippen LogP contribution is -2.32. The van der Waals surface area contributed by atoms with Crippen LogP contribution in [0.25, 0.3) is 0 Å². The second-order valence-corrected chi connectivity index (χ2v) is 4.20. The third kappa shape index (κ3) is 3.55. The van der Waals surface area contributed by atoms with Gasteiger partial charge in [-0.05, 0) is 38.0 Å². The number of hydrogen-bond donors (Lipinski definition) is 0. The van der Waals surface area contributed by atoms with Gasteiger partial charge < -0.3 is 4.90 Å². The zero-order valence-electron chi connectivity index (χ0n) is 10.8. The van der Waals surface area contributed by atoms with Crippen molar-refractivity contribution in [2.45, 2.75) is 33.6 Å². The smallest absolute Gasteiger partial charge is 0.254 e. The Bertz CT molecular complexity index is 390. The number of halogens is 1. The van der Waals surface area contributed by atoms with Crippen LogP contribution in [0.3, 0.4) is 0 Å². The van der Waals surface area contributed by atoms with E-state index in [1.54, 1.807) is 11.0 Å². The highest BCUT2D eigenvalue weighted by Crippen LogP contribution is 2.13. The molecule has 0 radical (unpaired) electrons. The van der Waals surface area contributed by atoms with E-state index in [0.29, 0.717) is 12.1 Å². The molecule has 0 saturated carbocycles. The number of hydrogen-bond acceptors (Lipinski definition) is 1. The van der Waals surface area contributed by atoms with Gasteiger partial charge in [0.15, 0.2) is 0 Å². The number of rotatable bonds is 5. The van der Waals surface area contributed by atoms with E-state index in [2.05, 4.69) is 6.92 Å². The molecule has 1 aromatic carbocycles. The van der Waals surface area contributed by atoms with Crippen LogP contribution in [0, 0.1) is 12.7 Å². The van der Waals surface area contributed by atoms with Crippen LogP contribution in [0.1, 0.15) is 42.6 Å². The maximum atomic E-state index is 13.2. The fraction of sp³-hybridized carbons (Fsp3) is 0.500. The van der Waals surface area contributed by atoms with Crippen LogP contribution < -0.4 is 0 Å². The highest BCUT2D eigenvalue weighted by molar-refractivity contribution is 5.95. The monoisotopic (exact) mass is 237 g/mol. The first-order chi connectivity index (χ1) is 8.10. The zero-order valence-corrected chi connectivity index (χ0v) is 10.8. The first-order valence-corrected chi connectivity index (χ1v) is 6.15. The number of aryl methyl sites for hydroxylation is 1. The van der Waals surface area contributed by atoms with Gasteiger partial charge in [-0.2, -0.15) is 0 Å². The first kappa shape index (κ1) is 13.7. The predicted molar refractivity (Wildman–Crippen MR) is 67.6 cm³/mol. The summed E-state index contributed by atoms with van der Waals surface area (Å²) in [6, 6.07) is 4.36. The van der Waals surface area contributed by atoms with Crippen LogP contribution >= 0.6 is 0 Å². The predicted octanol–water partition coefficient (Wildman–Crippen LogP) is 3.40. The maximum absolute atomic E-state index is 13.2. The Balaban J connectivity index is 2.89. The van der Waals surface area contributed by atoms with Crippen molar-refractivity contribution in [2.75, 3.05) is 13.1 Å². The summed E-state index contributed by atoms with van der Waals surface area (Å²) in [6.45, 7) is 7.27. The Morgan fingerprint density at radius 2 is 2.06 bits per heavy atom. The number of carbonyl (C=O) groups is 1. The summed E-state index contributed by atoms with van der Waals surface area (Å²) in [5.41, 5.74) is 1.30. The quantitative estimate of drug-likeness (QED) is 0.768. The molecule has 0 aliphatic carbocycles. The Morgan fingerprint density at radius 1 is 1.35 bits per heavy atom. The van der Waals surface area contributed by atoms with E-state index >= 15 is 0 Å². The minimum Gasteiger partial charge on any atom is -0.339 e. The van der Waals surface area contributed by atoms with Crippen molar-refractivity contribution in [3.63, 3.8) is 0 Å². The summed E-state index contributed by atoms with van der Waals surface area (Å²) in [5, 5.41) is 0. The van der Waals surface area contributed by atoms with Crippen LogP contribution in [0.15, 0.2) is 18.2 Å². The molecule has 0 atom stereocenters. The molecule has 1 aromatic rings. The third-order valence-electron chi connectivity index (χ3n) is 2.88. The molecule has 0 unspecified atom stereocenters. The Morgan fingerprint density at radius 3 is 2.65 bits per heavy atom. The summed E-state index contributed by atoms with van der Waals surface area (Å²) in [4.78, 5) is 14.0. The average molecular weight is 237 g/mol. The molecule has 0 aliphatic rings. The minimum absolute atomic E-state index is 0.0713. The summed E-state index contributed by atoms with van der Waals surface area (Å²) >= 11 is 0. The van der Waals surface area contributed by atoms with Crippen molar-refractivity contribution in [3.8, 4) is 0 Å². The van der Waals surface area contributed by atoms with Gasteiger partial charge in [0.1, 0.15) is 5.82 Å². The molecule has 0 N–H and O–H groups in total. The molecule has 0 heterocycles. The maximum Gasteiger partial charge on any atom is 0.254 e. The van der Waals surface area contributed by atoms with Gasteiger partial charge in [0.25, 0.3) is 5.91 Å². The summed E-state index contributed by atoms with van der Waals surface area (Å²) in [6.07, 6.45) is 2.03. The number of amides is 1. The molecule has 94 valence electrons. The van der Waals surface area contributed by atoms with E-state index in [1.807, 2.05) is 13.8 Å². The van der Waals surface area contributed by atoms with Gasteiger partial charge in [0.05, 0.1) is 0 Å². The molecule has 3 heteroatoms. The van der Waals surface area contributed by atoms with Gasteiger partial charge in [-0.25, -0.2) is 4.39 Å². The van der Waals surface area contributed by atoms with E-state index < -0.39 is 0 Å². The molecule has 2 nitrogen and oxygen atoms in total. The topological polar surface area (TPSA) is 20.3 Å². The van der Waals surface area contributed by atoms with E-state index in [4.69, 9.17) is 0 Å². The fourth-order valence-corrected chi connectivity index (χ4v) is 1.75. The molecule has 1 amide bonds. The van der Waals surface area contributed by atoms with E-state index in [-0.39, 0.29) is 11.7 Å². The molecule has 0 saturated heterocycles. The largest absolute Gasteiger partial charge is 0.339 e. The lowest BCUT2D eigenvalue weighted by atomic mass is 10.1. The second-order valence-electron chi connectivity index (χ2n) is 4.20. The van der Waals surface area contributed by atoms with E-state index in [1.165, 1.54) is 12.1 Å². The van der Waals surface area contributed by atoms with Crippen molar-refractivity contribution in [1.29, 1.82) is 0 Å². The summed E-state index contributed by atoms with van der Waals surface area (Å²) in [7, 11) is 0. The zero-order chi connectivity index (χ0) is 12.8. The van der Waals surface area contributed by atoms with Crippen molar-refractivity contribution in [2.24, 2.45) is 0 Å². The van der Waals surface area contributed by atoms with Crippen LogP contribution in [0.4, 0.5) is 4.39 Å². The highest BCUT2D eigenvalue weighted by Gasteiger charge is 2.16. The van der Waals surface area contributed by atoms with Crippen molar-refractivity contribution >= 4 is 5.91 Å². The minimum atomic E-state index is -0.356. The SMILES string of the molecule is CCCCN(CC)C(=O)c1cc(F)ccc1C. The van der Waals surface area contributed by atoms with E-state index in [9.17, 15) is 9.18 Å². The van der Waals surface area contributed by atoms with Crippen molar-refractivity contribution in [1.82, 2.24) is 4.90 Å². The van der Waals surface area contributed by atoms with Crippen molar-refractivity contribution in [3.05, 3.63) is 35.1 Å². The van der Waals surface area contributed by atoms with Gasteiger partial charge in [-0.1, -0.05) is 19.4 Å². The van der Waals surface area contributed by atoms with Gasteiger partial charge in [0.2, 0.25) is 0 Å². The highest BCUT2D eigenvalue weighted by atomic mass is 19.1. The molecule has 1 rings (SSSR count). The third-order valence-corrected chi connectivity index (χ3v) is 2.88. The normalized spacial score (nSPS) is 10.4. The molecule has 17 heavy (non-hydrogen) atoms. The van der Waals surface area contributed by atoms with Crippen LogP contribution in [-0.4, -0.2) is 23.9 Å². The number of carbonyl (C=O) groups excluding carboxylic acids is 1. The first-order valence-electron chi connectivity index (χ1n) is 6.15. The van der Waals surface area contributed by atoms with Crippen LogP contribution in [-0.2, 0) is 0 Å². The van der Waals surface area contributed by atoms with Gasteiger partial charge in [0, 0.05) is 18.7 Å². The van der Waals surface area contributed by atoms with Gasteiger partial charge >= 0.3 is 0 Å². The van der Waals surface area contributed by atoms with E-state index in [0.717, 1.165) is 24.9 Å². The van der Waals surface area contributed by atoms with Gasteiger partial charge in [-0.3, -0.25) is 4.79 Å². The van der Waals surface area contributed by atoms with Crippen molar-refractivity contribution < 1.29 is 9.18 Å². The number of benzene rings is 1. The molecule has 0 bridgehead atoms.